The number of esters is 1. The predicted octanol–water partition coefficient (Wildman–Crippen LogP) is 3.59. The van der Waals surface area contributed by atoms with Gasteiger partial charge in [0.05, 0.1) is 16.4 Å². The van der Waals surface area contributed by atoms with Crippen molar-refractivity contribution in [3.8, 4) is 5.75 Å². The van der Waals surface area contributed by atoms with Gasteiger partial charge in [0.1, 0.15) is 11.4 Å². The molecule has 3 rings (SSSR count). The van der Waals surface area contributed by atoms with E-state index in [2.05, 4.69) is 32.6 Å². The van der Waals surface area contributed by atoms with Crippen LogP contribution in [0.4, 0.5) is 10.5 Å². The van der Waals surface area contributed by atoms with Crippen molar-refractivity contribution in [2.75, 3.05) is 18.6 Å². The normalized spacial score (nSPS) is 15.0. The summed E-state index contributed by atoms with van der Waals surface area (Å²) in [5.74, 6) is -0.436. The smallest absolute Gasteiger partial charge is 0.343 e. The lowest BCUT2D eigenvalue weighted by Gasteiger charge is -2.11. The standard InChI is InChI=1S/C19H14ClIN2O5/c1-27-17(24)10-28-16-7-2-11(8-14(16)21)9-15-18(25)23(19(26)22-15)13-5-3-12(20)4-6-13/h2-9H,10H2,1H3,(H,22,26)/b15-9+. The number of ether oxygens (including phenoxy) is 2. The molecular weight excluding hydrogens is 499 g/mol. The van der Waals surface area contributed by atoms with Crippen molar-refractivity contribution in [2.45, 2.75) is 0 Å². The van der Waals surface area contributed by atoms with Gasteiger partial charge in [0.25, 0.3) is 5.91 Å². The molecule has 1 saturated heterocycles. The first-order chi connectivity index (χ1) is 13.4. The summed E-state index contributed by atoms with van der Waals surface area (Å²) < 4.78 is 10.7. The minimum atomic E-state index is -0.536. The summed E-state index contributed by atoms with van der Waals surface area (Å²) in [6, 6.07) is 11.0. The number of anilines is 1. The zero-order valence-corrected chi connectivity index (χ0v) is 17.5. The lowest BCUT2D eigenvalue weighted by molar-refractivity contribution is -0.142. The number of urea groups is 1. The maximum absolute atomic E-state index is 12.6. The summed E-state index contributed by atoms with van der Waals surface area (Å²) in [6.07, 6.45) is 1.57. The molecule has 3 amide bonds. The molecule has 0 bridgehead atoms. The van der Waals surface area contributed by atoms with Crippen LogP contribution in [0.1, 0.15) is 5.56 Å². The molecule has 2 aromatic carbocycles. The minimum Gasteiger partial charge on any atom is -0.481 e. The van der Waals surface area contributed by atoms with E-state index >= 15 is 0 Å². The molecule has 1 aliphatic rings. The van der Waals surface area contributed by atoms with Crippen LogP contribution in [-0.2, 0) is 14.3 Å². The molecule has 0 radical (unpaired) electrons. The van der Waals surface area contributed by atoms with Gasteiger partial charge in [-0.15, -0.1) is 0 Å². The third kappa shape index (κ3) is 4.45. The van der Waals surface area contributed by atoms with E-state index < -0.39 is 17.9 Å². The van der Waals surface area contributed by atoms with Gasteiger partial charge in [-0.05, 0) is 70.6 Å². The number of carbonyl (C=O) groups is 3. The number of imide groups is 1. The van der Waals surface area contributed by atoms with Gasteiger partial charge in [0.15, 0.2) is 6.61 Å². The molecule has 1 heterocycles. The highest BCUT2D eigenvalue weighted by Gasteiger charge is 2.34. The molecule has 9 heteroatoms. The van der Waals surface area contributed by atoms with Gasteiger partial charge >= 0.3 is 12.0 Å². The van der Waals surface area contributed by atoms with Gasteiger partial charge in [-0.2, -0.15) is 0 Å². The SMILES string of the molecule is COC(=O)COc1ccc(/C=C2/NC(=O)N(c3ccc(Cl)cc3)C2=O)cc1I. The van der Waals surface area contributed by atoms with Crippen LogP contribution in [0.15, 0.2) is 48.2 Å². The van der Waals surface area contributed by atoms with Crippen LogP contribution < -0.4 is 15.0 Å². The Balaban J connectivity index is 1.79. The van der Waals surface area contributed by atoms with Gasteiger partial charge in [0.2, 0.25) is 0 Å². The molecule has 0 aliphatic carbocycles. The lowest BCUT2D eigenvalue weighted by Crippen LogP contribution is -2.30. The second-order valence-electron chi connectivity index (χ2n) is 5.66. The Morgan fingerprint density at radius 1 is 1.21 bits per heavy atom. The van der Waals surface area contributed by atoms with Gasteiger partial charge in [-0.1, -0.05) is 17.7 Å². The zero-order chi connectivity index (χ0) is 20.3. The first kappa shape index (κ1) is 20.2. The molecule has 0 atom stereocenters. The molecule has 0 spiro atoms. The molecule has 7 nitrogen and oxygen atoms in total. The molecule has 1 N–H and O–H groups in total. The van der Waals surface area contributed by atoms with Crippen molar-refractivity contribution >= 4 is 63.9 Å². The minimum absolute atomic E-state index is 0.152. The fraction of sp³-hybridized carbons (Fsp3) is 0.105. The second-order valence-corrected chi connectivity index (χ2v) is 7.26. The first-order valence-corrected chi connectivity index (χ1v) is 9.46. The number of nitrogens with one attached hydrogen (secondary N) is 1. The molecule has 28 heavy (non-hydrogen) atoms. The van der Waals surface area contributed by atoms with E-state index in [0.29, 0.717) is 22.0 Å². The Morgan fingerprint density at radius 3 is 2.57 bits per heavy atom. The maximum atomic E-state index is 12.6. The quantitative estimate of drug-likeness (QED) is 0.286. The van der Waals surface area contributed by atoms with E-state index in [1.165, 1.54) is 7.11 Å². The van der Waals surface area contributed by atoms with Crippen LogP contribution in [0.25, 0.3) is 6.08 Å². The van der Waals surface area contributed by atoms with Crippen molar-refractivity contribution < 1.29 is 23.9 Å². The number of nitrogens with zero attached hydrogens (tertiary/aromatic N) is 1. The topological polar surface area (TPSA) is 84.9 Å². The van der Waals surface area contributed by atoms with Gasteiger partial charge in [-0.3, -0.25) is 4.79 Å². The van der Waals surface area contributed by atoms with Crippen molar-refractivity contribution in [1.29, 1.82) is 0 Å². The molecule has 1 aliphatic heterocycles. The number of rotatable bonds is 5. The Hall–Kier alpha value is -2.59. The Kier molecular flexibility index (Phi) is 6.20. The van der Waals surface area contributed by atoms with Crippen molar-refractivity contribution in [1.82, 2.24) is 5.32 Å². The van der Waals surface area contributed by atoms with Crippen molar-refractivity contribution in [2.24, 2.45) is 0 Å². The summed E-state index contributed by atoms with van der Waals surface area (Å²) >= 11 is 7.91. The zero-order valence-electron chi connectivity index (χ0n) is 14.6. The number of benzene rings is 2. The molecule has 0 unspecified atom stereocenters. The van der Waals surface area contributed by atoms with Crippen LogP contribution in [0.5, 0.6) is 5.75 Å². The van der Waals surface area contributed by atoms with Crippen LogP contribution in [0.3, 0.4) is 0 Å². The maximum Gasteiger partial charge on any atom is 0.343 e. The fourth-order valence-corrected chi connectivity index (χ4v) is 3.27. The van der Waals surface area contributed by atoms with E-state index in [4.69, 9.17) is 16.3 Å². The average molecular weight is 513 g/mol. The Labute approximate surface area is 179 Å². The van der Waals surface area contributed by atoms with E-state index in [9.17, 15) is 14.4 Å². The average Bonchev–Trinajstić information content (AvgIpc) is 2.95. The van der Waals surface area contributed by atoms with Crippen LogP contribution in [0.2, 0.25) is 5.02 Å². The van der Waals surface area contributed by atoms with E-state index in [0.717, 1.165) is 8.47 Å². The van der Waals surface area contributed by atoms with Gasteiger partial charge < -0.3 is 14.8 Å². The molecule has 144 valence electrons. The molecule has 0 saturated carbocycles. The van der Waals surface area contributed by atoms with Crippen molar-refractivity contribution in [3.05, 3.63) is 62.3 Å². The number of halogens is 2. The van der Waals surface area contributed by atoms with Crippen molar-refractivity contribution in [3.63, 3.8) is 0 Å². The van der Waals surface area contributed by atoms with E-state index in [1.807, 2.05) is 0 Å². The molecular formula is C19H14ClIN2O5. The number of carbonyl (C=O) groups excluding carboxylic acids is 3. The first-order valence-electron chi connectivity index (χ1n) is 8.01. The highest BCUT2D eigenvalue weighted by Crippen LogP contribution is 2.26. The summed E-state index contributed by atoms with van der Waals surface area (Å²) in [5, 5.41) is 3.08. The summed E-state index contributed by atoms with van der Waals surface area (Å²) in [4.78, 5) is 37.1. The number of hydrogen-bond donors (Lipinski definition) is 1. The largest absolute Gasteiger partial charge is 0.481 e. The highest BCUT2D eigenvalue weighted by molar-refractivity contribution is 14.1. The van der Waals surface area contributed by atoms with Gasteiger partial charge in [-0.25, -0.2) is 14.5 Å². The fourth-order valence-electron chi connectivity index (χ4n) is 2.45. The number of hydrogen-bond acceptors (Lipinski definition) is 5. The number of amides is 3. The molecule has 2 aromatic rings. The lowest BCUT2D eigenvalue weighted by atomic mass is 10.2. The Bertz CT molecular complexity index is 975. The monoisotopic (exact) mass is 512 g/mol. The summed E-state index contributed by atoms with van der Waals surface area (Å²) in [7, 11) is 1.28. The highest BCUT2D eigenvalue weighted by atomic mass is 127. The second kappa shape index (κ2) is 8.61. The molecule has 0 aromatic heterocycles. The Morgan fingerprint density at radius 2 is 1.93 bits per heavy atom. The van der Waals surface area contributed by atoms with E-state index in [1.54, 1.807) is 48.5 Å². The van der Waals surface area contributed by atoms with Gasteiger partial charge in [0, 0.05) is 5.02 Å². The van der Waals surface area contributed by atoms with E-state index in [-0.39, 0.29) is 12.3 Å². The van der Waals surface area contributed by atoms with Crippen LogP contribution in [0, 0.1) is 3.57 Å². The third-order valence-electron chi connectivity index (χ3n) is 3.80. The summed E-state index contributed by atoms with van der Waals surface area (Å²) in [6.45, 7) is -0.197. The predicted molar refractivity (Wildman–Crippen MR) is 112 cm³/mol. The third-order valence-corrected chi connectivity index (χ3v) is 4.90. The van der Waals surface area contributed by atoms with Crippen LogP contribution in [-0.4, -0.2) is 31.6 Å². The van der Waals surface area contributed by atoms with Crippen LogP contribution >= 0.6 is 34.2 Å². The summed E-state index contributed by atoms with van der Waals surface area (Å²) in [5.41, 5.74) is 1.27. The number of methoxy groups -OCH3 is 1. The molecule has 1 fully saturated rings.